The molecule has 0 unspecified atom stereocenters. The van der Waals surface area contributed by atoms with E-state index in [4.69, 9.17) is 18.9 Å². The molecular weight excluding hydrogens is 452 g/mol. The summed E-state index contributed by atoms with van der Waals surface area (Å²) < 4.78 is 20.8. The Kier molecular flexibility index (Phi) is 7.34. The molecule has 3 amide bonds. The largest absolute Gasteiger partial charge is 0.504 e. The summed E-state index contributed by atoms with van der Waals surface area (Å²) in [4.78, 5) is 38.6. The molecule has 11 heteroatoms. The van der Waals surface area contributed by atoms with Gasteiger partial charge in [0.1, 0.15) is 6.54 Å². The predicted molar refractivity (Wildman–Crippen MR) is 122 cm³/mol. The van der Waals surface area contributed by atoms with Gasteiger partial charge in [0.15, 0.2) is 23.0 Å². The van der Waals surface area contributed by atoms with Gasteiger partial charge in [-0.25, -0.2) is 0 Å². The summed E-state index contributed by atoms with van der Waals surface area (Å²) >= 11 is 0.718. The van der Waals surface area contributed by atoms with Crippen LogP contribution in [0.3, 0.4) is 0 Å². The third-order valence-corrected chi connectivity index (χ3v) is 5.53. The Bertz CT molecular complexity index is 1110. The van der Waals surface area contributed by atoms with E-state index >= 15 is 0 Å². The topological polar surface area (TPSA) is 124 Å². The van der Waals surface area contributed by atoms with Gasteiger partial charge in [0.25, 0.3) is 11.1 Å². The average molecular weight is 474 g/mol. The first-order valence-electron chi connectivity index (χ1n) is 9.53. The van der Waals surface area contributed by atoms with E-state index in [-0.39, 0.29) is 16.4 Å². The molecule has 0 aromatic heterocycles. The van der Waals surface area contributed by atoms with Crippen molar-refractivity contribution in [2.24, 2.45) is 0 Å². The van der Waals surface area contributed by atoms with E-state index in [2.05, 4.69) is 5.32 Å². The predicted octanol–water partition coefficient (Wildman–Crippen LogP) is 3.10. The number of hydrogen-bond acceptors (Lipinski definition) is 9. The normalized spacial score (nSPS) is 14.4. The van der Waals surface area contributed by atoms with Gasteiger partial charge in [-0.2, -0.15) is 0 Å². The zero-order valence-corrected chi connectivity index (χ0v) is 19.1. The Morgan fingerprint density at radius 1 is 1.00 bits per heavy atom. The van der Waals surface area contributed by atoms with Crippen LogP contribution in [-0.2, 0) is 9.59 Å². The van der Waals surface area contributed by atoms with E-state index < -0.39 is 23.6 Å². The molecule has 0 bridgehead atoms. The Morgan fingerprint density at radius 2 is 1.64 bits per heavy atom. The first-order valence-corrected chi connectivity index (χ1v) is 10.3. The quantitative estimate of drug-likeness (QED) is 0.556. The van der Waals surface area contributed by atoms with Crippen molar-refractivity contribution >= 4 is 40.6 Å². The number of carbonyl (C=O) groups excluding carboxylic acids is 3. The summed E-state index contributed by atoms with van der Waals surface area (Å²) in [6, 6.07) is 7.58. The van der Waals surface area contributed by atoms with Gasteiger partial charge in [0.2, 0.25) is 11.7 Å². The SMILES string of the molecule is COc1cc(/C=C2\SC(=O)N(CC(=O)Nc3cc(OC)c(OC)c(OC)c3)C2=O)ccc1O. The second kappa shape index (κ2) is 10.2. The number of phenolic OH excluding ortho intramolecular Hbond substituents is 1. The maximum Gasteiger partial charge on any atom is 0.294 e. The Labute approximate surface area is 194 Å². The molecule has 0 spiro atoms. The molecule has 174 valence electrons. The molecule has 10 nitrogen and oxygen atoms in total. The zero-order valence-electron chi connectivity index (χ0n) is 18.3. The molecular formula is C22H22N2O8S. The Morgan fingerprint density at radius 3 is 2.21 bits per heavy atom. The fraction of sp³-hybridized carbons (Fsp3) is 0.227. The number of phenols is 1. The molecule has 2 aromatic rings. The van der Waals surface area contributed by atoms with Crippen LogP contribution in [0.2, 0.25) is 0 Å². The van der Waals surface area contributed by atoms with E-state index in [0.29, 0.717) is 28.5 Å². The van der Waals surface area contributed by atoms with Crippen molar-refractivity contribution in [3.05, 3.63) is 40.8 Å². The highest BCUT2D eigenvalue weighted by molar-refractivity contribution is 8.18. The number of aromatic hydroxyl groups is 1. The minimum absolute atomic E-state index is 0.0498. The van der Waals surface area contributed by atoms with Crippen LogP contribution in [-0.4, -0.2) is 62.0 Å². The van der Waals surface area contributed by atoms with Crippen molar-refractivity contribution in [1.29, 1.82) is 0 Å². The average Bonchev–Trinajstić information content (AvgIpc) is 3.06. The lowest BCUT2D eigenvalue weighted by Gasteiger charge is -2.16. The van der Waals surface area contributed by atoms with E-state index in [9.17, 15) is 19.5 Å². The van der Waals surface area contributed by atoms with Gasteiger partial charge in [-0.3, -0.25) is 19.3 Å². The number of thioether (sulfide) groups is 1. The summed E-state index contributed by atoms with van der Waals surface area (Å²) in [5, 5.41) is 11.8. The third-order valence-electron chi connectivity index (χ3n) is 4.63. The highest BCUT2D eigenvalue weighted by Gasteiger charge is 2.36. The van der Waals surface area contributed by atoms with Crippen LogP contribution < -0.4 is 24.3 Å². The number of rotatable bonds is 8. The number of methoxy groups -OCH3 is 4. The Hall–Kier alpha value is -3.86. The number of amides is 3. The molecule has 3 rings (SSSR count). The van der Waals surface area contributed by atoms with Crippen molar-refractivity contribution in [2.75, 3.05) is 40.3 Å². The summed E-state index contributed by atoms with van der Waals surface area (Å²) in [5.41, 5.74) is 0.894. The van der Waals surface area contributed by atoms with E-state index in [1.54, 1.807) is 6.07 Å². The molecule has 2 N–H and O–H groups in total. The maximum absolute atomic E-state index is 12.7. The molecule has 1 fully saturated rings. The molecule has 0 saturated carbocycles. The van der Waals surface area contributed by atoms with Crippen LogP contribution in [0.4, 0.5) is 10.5 Å². The number of nitrogens with one attached hydrogen (secondary N) is 1. The van der Waals surface area contributed by atoms with Gasteiger partial charge < -0.3 is 29.4 Å². The molecule has 0 atom stereocenters. The van der Waals surface area contributed by atoms with E-state index in [1.807, 2.05) is 0 Å². The number of nitrogens with zero attached hydrogens (tertiary/aromatic N) is 1. The highest BCUT2D eigenvalue weighted by atomic mass is 32.2. The number of imide groups is 1. The number of benzene rings is 2. The summed E-state index contributed by atoms with van der Waals surface area (Å²) in [6.45, 7) is -0.475. The standard InChI is InChI=1S/C22H22N2O8S/c1-29-15-7-12(5-6-14(15)25)8-18-21(27)24(22(28)33-18)11-19(26)23-13-9-16(30-2)20(32-4)17(10-13)31-3/h5-10,25H,11H2,1-4H3,(H,23,26)/b18-8-. The lowest BCUT2D eigenvalue weighted by atomic mass is 10.2. The number of ether oxygens (including phenoxy) is 4. The van der Waals surface area contributed by atoms with Gasteiger partial charge in [0, 0.05) is 17.8 Å². The van der Waals surface area contributed by atoms with Crippen LogP contribution >= 0.6 is 11.8 Å². The van der Waals surface area contributed by atoms with E-state index in [0.717, 1.165) is 16.7 Å². The van der Waals surface area contributed by atoms with Crippen LogP contribution in [0.25, 0.3) is 6.08 Å². The summed E-state index contributed by atoms with van der Waals surface area (Å²) in [7, 11) is 5.75. The monoisotopic (exact) mass is 474 g/mol. The van der Waals surface area contributed by atoms with Gasteiger partial charge in [0.05, 0.1) is 33.3 Å². The lowest BCUT2D eigenvalue weighted by molar-refractivity contribution is -0.127. The first kappa shape index (κ1) is 23.8. The minimum Gasteiger partial charge on any atom is -0.504 e. The summed E-state index contributed by atoms with van der Waals surface area (Å²) in [5.74, 6) is 0.0335. The van der Waals surface area contributed by atoms with Crippen LogP contribution in [0.1, 0.15) is 5.56 Å². The second-order valence-corrected chi connectivity index (χ2v) is 7.65. The molecule has 0 radical (unpaired) electrons. The van der Waals surface area contributed by atoms with Gasteiger partial charge >= 0.3 is 0 Å². The second-order valence-electron chi connectivity index (χ2n) is 6.66. The summed E-state index contributed by atoms with van der Waals surface area (Å²) in [6.07, 6.45) is 1.49. The van der Waals surface area contributed by atoms with Crippen molar-refractivity contribution in [1.82, 2.24) is 4.90 Å². The van der Waals surface area contributed by atoms with Crippen LogP contribution in [0, 0.1) is 0 Å². The molecule has 33 heavy (non-hydrogen) atoms. The molecule has 1 aliphatic rings. The number of carbonyl (C=O) groups is 3. The molecule has 2 aromatic carbocycles. The minimum atomic E-state index is -0.600. The molecule has 1 heterocycles. The fourth-order valence-electron chi connectivity index (χ4n) is 3.07. The van der Waals surface area contributed by atoms with Crippen molar-refractivity contribution in [2.45, 2.75) is 0 Å². The van der Waals surface area contributed by atoms with Crippen molar-refractivity contribution < 1.29 is 38.4 Å². The van der Waals surface area contributed by atoms with Gasteiger partial charge in [-0.1, -0.05) is 6.07 Å². The number of hydrogen-bond donors (Lipinski definition) is 2. The highest BCUT2D eigenvalue weighted by Crippen LogP contribution is 2.40. The van der Waals surface area contributed by atoms with E-state index in [1.165, 1.54) is 58.8 Å². The van der Waals surface area contributed by atoms with Gasteiger partial charge in [-0.05, 0) is 35.5 Å². The lowest BCUT2D eigenvalue weighted by Crippen LogP contribution is -2.36. The van der Waals surface area contributed by atoms with Crippen molar-refractivity contribution in [3.63, 3.8) is 0 Å². The molecule has 1 aliphatic heterocycles. The van der Waals surface area contributed by atoms with Crippen LogP contribution in [0.15, 0.2) is 35.2 Å². The third kappa shape index (κ3) is 5.14. The smallest absolute Gasteiger partial charge is 0.294 e. The molecule has 1 saturated heterocycles. The van der Waals surface area contributed by atoms with Gasteiger partial charge in [-0.15, -0.1) is 0 Å². The van der Waals surface area contributed by atoms with Crippen LogP contribution in [0.5, 0.6) is 28.7 Å². The Balaban J connectivity index is 1.74. The first-order chi connectivity index (χ1) is 15.8. The van der Waals surface area contributed by atoms with Crippen molar-refractivity contribution in [3.8, 4) is 28.7 Å². The molecule has 0 aliphatic carbocycles. The fourth-order valence-corrected chi connectivity index (χ4v) is 3.91. The number of anilines is 1. The zero-order chi connectivity index (χ0) is 24.1. The maximum atomic E-state index is 12.7.